The van der Waals surface area contributed by atoms with Crippen LogP contribution < -0.4 is 5.32 Å². The monoisotopic (exact) mass is 363 g/mol. The number of hydrogen-bond donors (Lipinski definition) is 1. The summed E-state index contributed by atoms with van der Waals surface area (Å²) in [4.78, 5) is 23.8. The first-order valence-electron chi connectivity index (χ1n) is 8.82. The Labute approximate surface area is 158 Å². The highest BCUT2D eigenvalue weighted by atomic mass is 16.5. The van der Waals surface area contributed by atoms with E-state index in [-0.39, 0.29) is 0 Å². The molecule has 1 aromatic carbocycles. The van der Waals surface area contributed by atoms with Crippen molar-refractivity contribution in [1.82, 2.24) is 4.57 Å². The lowest BCUT2D eigenvalue weighted by atomic mass is 10.2. The van der Waals surface area contributed by atoms with E-state index in [1.807, 2.05) is 19.1 Å². The minimum absolute atomic E-state index is 0.350. The molecule has 138 valence electrons. The van der Waals surface area contributed by atoms with Crippen LogP contribution in [0.5, 0.6) is 0 Å². The Balaban J connectivity index is 1.54. The van der Waals surface area contributed by atoms with Crippen molar-refractivity contribution >= 4 is 23.6 Å². The fourth-order valence-electron chi connectivity index (χ4n) is 3.08. The average molecular weight is 363 g/mol. The van der Waals surface area contributed by atoms with Crippen LogP contribution >= 0.6 is 0 Å². The SMILES string of the molecule is Cc1cc(/C=C/C(=O)OCC(=O)Nc2ccccc2C#N)c(C)n1C1CC1. The van der Waals surface area contributed by atoms with Crippen molar-refractivity contribution in [1.29, 1.82) is 5.26 Å². The Morgan fingerprint density at radius 1 is 1.33 bits per heavy atom. The van der Waals surface area contributed by atoms with Gasteiger partial charge in [-0.05, 0) is 56.5 Å². The molecule has 0 bridgehead atoms. The zero-order valence-electron chi connectivity index (χ0n) is 15.4. The van der Waals surface area contributed by atoms with Gasteiger partial charge in [0.2, 0.25) is 0 Å². The third kappa shape index (κ3) is 4.45. The van der Waals surface area contributed by atoms with Crippen LogP contribution in [0, 0.1) is 25.2 Å². The number of carbonyl (C=O) groups excluding carboxylic acids is 2. The van der Waals surface area contributed by atoms with Gasteiger partial charge in [0.05, 0.1) is 11.3 Å². The fourth-order valence-corrected chi connectivity index (χ4v) is 3.08. The molecule has 1 aromatic heterocycles. The smallest absolute Gasteiger partial charge is 0.331 e. The zero-order valence-corrected chi connectivity index (χ0v) is 15.4. The number of rotatable bonds is 6. The largest absolute Gasteiger partial charge is 0.452 e. The second kappa shape index (κ2) is 7.92. The third-order valence-electron chi connectivity index (χ3n) is 4.50. The Hall–Kier alpha value is -3.33. The highest BCUT2D eigenvalue weighted by Gasteiger charge is 2.26. The van der Waals surface area contributed by atoms with E-state index in [2.05, 4.69) is 16.8 Å². The number of anilines is 1. The highest BCUT2D eigenvalue weighted by molar-refractivity contribution is 5.95. The second-order valence-electron chi connectivity index (χ2n) is 6.57. The average Bonchev–Trinajstić information content (AvgIpc) is 3.44. The van der Waals surface area contributed by atoms with E-state index in [9.17, 15) is 9.59 Å². The number of benzene rings is 1. The highest BCUT2D eigenvalue weighted by Crippen LogP contribution is 2.38. The Morgan fingerprint density at radius 3 is 2.78 bits per heavy atom. The molecule has 0 unspecified atom stereocenters. The Morgan fingerprint density at radius 2 is 2.07 bits per heavy atom. The summed E-state index contributed by atoms with van der Waals surface area (Å²) in [6.07, 6.45) is 5.44. The first-order valence-corrected chi connectivity index (χ1v) is 8.82. The van der Waals surface area contributed by atoms with Gasteiger partial charge in [0, 0.05) is 23.5 Å². The summed E-state index contributed by atoms with van der Waals surface area (Å²) >= 11 is 0. The van der Waals surface area contributed by atoms with Gasteiger partial charge >= 0.3 is 5.97 Å². The summed E-state index contributed by atoms with van der Waals surface area (Å²) in [5.41, 5.74) is 4.03. The molecule has 6 nitrogen and oxygen atoms in total. The maximum atomic E-state index is 11.9. The minimum Gasteiger partial charge on any atom is -0.452 e. The number of nitrogens with zero attached hydrogens (tertiary/aromatic N) is 2. The summed E-state index contributed by atoms with van der Waals surface area (Å²) in [7, 11) is 0. The molecule has 1 saturated carbocycles. The summed E-state index contributed by atoms with van der Waals surface area (Å²) in [6.45, 7) is 3.69. The lowest BCUT2D eigenvalue weighted by Gasteiger charge is -2.07. The van der Waals surface area contributed by atoms with Crippen LogP contribution in [0.4, 0.5) is 5.69 Å². The fraction of sp³-hybridized carbons (Fsp3) is 0.286. The number of carbonyl (C=O) groups is 2. The number of aryl methyl sites for hydroxylation is 1. The number of para-hydroxylation sites is 1. The van der Waals surface area contributed by atoms with Gasteiger partial charge in [-0.2, -0.15) is 5.26 Å². The second-order valence-corrected chi connectivity index (χ2v) is 6.57. The van der Waals surface area contributed by atoms with E-state index < -0.39 is 18.5 Å². The maximum Gasteiger partial charge on any atom is 0.331 e. The van der Waals surface area contributed by atoms with Gasteiger partial charge < -0.3 is 14.6 Å². The van der Waals surface area contributed by atoms with Crippen LogP contribution in [0.3, 0.4) is 0 Å². The van der Waals surface area contributed by atoms with E-state index in [1.165, 1.54) is 24.6 Å². The van der Waals surface area contributed by atoms with Crippen molar-refractivity contribution in [3.05, 3.63) is 58.9 Å². The molecule has 1 aliphatic carbocycles. The van der Waals surface area contributed by atoms with Gasteiger partial charge in [-0.1, -0.05) is 12.1 Å². The van der Waals surface area contributed by atoms with E-state index >= 15 is 0 Å². The molecule has 0 saturated heterocycles. The van der Waals surface area contributed by atoms with Gasteiger partial charge in [0.25, 0.3) is 5.91 Å². The Kier molecular flexibility index (Phi) is 5.41. The van der Waals surface area contributed by atoms with Crippen molar-refractivity contribution in [2.24, 2.45) is 0 Å². The Bertz CT molecular complexity index is 946. The van der Waals surface area contributed by atoms with E-state index in [0.29, 0.717) is 17.3 Å². The predicted octanol–water partition coefficient (Wildman–Crippen LogP) is 3.51. The van der Waals surface area contributed by atoms with E-state index in [0.717, 1.165) is 11.3 Å². The summed E-state index contributed by atoms with van der Waals surface area (Å²) in [6, 6.07) is 11.3. The molecule has 1 fully saturated rings. The number of aromatic nitrogens is 1. The van der Waals surface area contributed by atoms with Crippen LogP contribution in [0.15, 0.2) is 36.4 Å². The first kappa shape index (κ1) is 18.5. The van der Waals surface area contributed by atoms with Crippen LogP contribution in [0.1, 0.15) is 41.4 Å². The van der Waals surface area contributed by atoms with Crippen molar-refractivity contribution in [3.8, 4) is 6.07 Å². The zero-order chi connectivity index (χ0) is 19.4. The van der Waals surface area contributed by atoms with Gasteiger partial charge in [-0.15, -0.1) is 0 Å². The van der Waals surface area contributed by atoms with Crippen LogP contribution in [0.2, 0.25) is 0 Å². The van der Waals surface area contributed by atoms with Gasteiger partial charge in [-0.3, -0.25) is 4.79 Å². The topological polar surface area (TPSA) is 84.1 Å². The number of nitriles is 1. The predicted molar refractivity (Wildman–Crippen MR) is 102 cm³/mol. The molecule has 2 aromatic rings. The minimum atomic E-state index is -0.588. The molecule has 3 rings (SSSR count). The lowest BCUT2D eigenvalue weighted by molar-refractivity contribution is -0.142. The molecule has 6 heteroatoms. The van der Waals surface area contributed by atoms with E-state index in [4.69, 9.17) is 10.00 Å². The van der Waals surface area contributed by atoms with Gasteiger partial charge in [0.15, 0.2) is 6.61 Å². The molecule has 1 heterocycles. The summed E-state index contributed by atoms with van der Waals surface area (Å²) in [5, 5.41) is 11.6. The summed E-state index contributed by atoms with van der Waals surface area (Å²) < 4.78 is 7.28. The lowest BCUT2D eigenvalue weighted by Crippen LogP contribution is -2.20. The molecule has 27 heavy (non-hydrogen) atoms. The number of ether oxygens (including phenoxy) is 1. The van der Waals surface area contributed by atoms with Crippen LogP contribution in [-0.2, 0) is 14.3 Å². The molecule has 1 N–H and O–H groups in total. The normalized spacial score (nSPS) is 13.4. The van der Waals surface area contributed by atoms with Crippen molar-refractivity contribution in [3.63, 3.8) is 0 Å². The first-order chi connectivity index (χ1) is 13.0. The quantitative estimate of drug-likeness (QED) is 0.629. The maximum absolute atomic E-state index is 11.9. The molecule has 0 radical (unpaired) electrons. The molecule has 0 atom stereocenters. The van der Waals surface area contributed by atoms with Crippen molar-refractivity contribution in [2.45, 2.75) is 32.7 Å². The molecule has 0 aliphatic heterocycles. The molecular formula is C21H21N3O3. The van der Waals surface area contributed by atoms with Crippen LogP contribution in [0.25, 0.3) is 6.08 Å². The standard InChI is InChI=1S/C21H21N3O3/c1-14-11-16(15(2)24(14)18-8-9-18)7-10-21(26)27-13-20(25)23-19-6-4-3-5-17(19)12-22/h3-7,10-11,18H,8-9,13H2,1-2H3,(H,23,25)/b10-7+. The van der Waals surface area contributed by atoms with Gasteiger partial charge in [-0.25, -0.2) is 4.79 Å². The number of nitrogens with one attached hydrogen (secondary N) is 1. The van der Waals surface area contributed by atoms with Gasteiger partial charge in [0.1, 0.15) is 6.07 Å². The molecule has 1 aliphatic rings. The number of amides is 1. The summed E-state index contributed by atoms with van der Waals surface area (Å²) in [5.74, 6) is -1.08. The van der Waals surface area contributed by atoms with Crippen molar-refractivity contribution in [2.75, 3.05) is 11.9 Å². The molecular weight excluding hydrogens is 342 g/mol. The number of hydrogen-bond acceptors (Lipinski definition) is 4. The van der Waals surface area contributed by atoms with Crippen LogP contribution in [-0.4, -0.2) is 23.1 Å². The van der Waals surface area contributed by atoms with E-state index in [1.54, 1.807) is 30.3 Å². The molecule has 0 spiro atoms. The molecule has 1 amide bonds. The van der Waals surface area contributed by atoms with Crippen molar-refractivity contribution < 1.29 is 14.3 Å². The number of esters is 1. The third-order valence-corrected chi connectivity index (χ3v) is 4.50.